The summed E-state index contributed by atoms with van der Waals surface area (Å²) in [5, 5.41) is 3.35. The van der Waals surface area contributed by atoms with Gasteiger partial charge in [-0.25, -0.2) is 4.79 Å². The van der Waals surface area contributed by atoms with Crippen molar-refractivity contribution < 1.29 is 9.53 Å². The summed E-state index contributed by atoms with van der Waals surface area (Å²) in [6.45, 7) is 6.37. The minimum Gasteiger partial charge on any atom is -0.464 e. The summed E-state index contributed by atoms with van der Waals surface area (Å²) in [4.78, 5) is 12.3. The number of unbranched alkanes of at least 4 members (excludes halogenated alkanes) is 3. The van der Waals surface area contributed by atoms with E-state index in [9.17, 15) is 4.79 Å². The molecular weight excluding hydrogens is 330 g/mol. The zero-order valence-corrected chi connectivity index (χ0v) is 14.8. The van der Waals surface area contributed by atoms with Crippen molar-refractivity contribution in [3.05, 3.63) is 28.7 Å². The van der Waals surface area contributed by atoms with Gasteiger partial charge in [-0.15, -0.1) is 0 Å². The smallest absolute Gasteiger partial charge is 0.331 e. The molecule has 0 amide bonds. The summed E-state index contributed by atoms with van der Waals surface area (Å²) in [6.07, 6.45) is 5.34. The van der Waals surface area contributed by atoms with Crippen molar-refractivity contribution >= 4 is 27.6 Å². The van der Waals surface area contributed by atoms with Crippen LogP contribution in [0.5, 0.6) is 0 Å². The molecule has 0 radical (unpaired) electrons. The Labute approximate surface area is 136 Å². The molecule has 0 aromatic heterocycles. The largest absolute Gasteiger partial charge is 0.464 e. The Morgan fingerprint density at radius 1 is 1.19 bits per heavy atom. The highest BCUT2D eigenvalue weighted by Crippen LogP contribution is 2.24. The van der Waals surface area contributed by atoms with Crippen molar-refractivity contribution in [1.82, 2.24) is 0 Å². The van der Waals surface area contributed by atoms with Crippen LogP contribution in [0.1, 0.15) is 52.9 Å². The Hall–Kier alpha value is -1.03. The molecule has 21 heavy (non-hydrogen) atoms. The summed E-state index contributed by atoms with van der Waals surface area (Å²) < 4.78 is 6.27. The molecule has 1 N–H and O–H groups in total. The molecule has 0 aliphatic carbocycles. The van der Waals surface area contributed by atoms with E-state index in [4.69, 9.17) is 4.74 Å². The normalized spacial score (nSPS) is 13.5. The molecule has 0 aliphatic rings. The molecular formula is C17H26BrNO2. The summed E-state index contributed by atoms with van der Waals surface area (Å²) in [7, 11) is 0. The first-order valence-electron chi connectivity index (χ1n) is 7.73. The van der Waals surface area contributed by atoms with Crippen LogP contribution in [0, 0.1) is 0 Å². The summed E-state index contributed by atoms with van der Waals surface area (Å²) in [5.41, 5.74) is 0.265. The van der Waals surface area contributed by atoms with Gasteiger partial charge < -0.3 is 10.1 Å². The second-order valence-corrected chi connectivity index (χ2v) is 6.41. The lowest BCUT2D eigenvalue weighted by molar-refractivity contribution is -0.148. The van der Waals surface area contributed by atoms with Gasteiger partial charge in [0.1, 0.15) is 5.54 Å². The van der Waals surface area contributed by atoms with Gasteiger partial charge in [-0.2, -0.15) is 0 Å². The summed E-state index contributed by atoms with van der Waals surface area (Å²) >= 11 is 3.42. The monoisotopic (exact) mass is 355 g/mol. The predicted molar refractivity (Wildman–Crippen MR) is 91.6 cm³/mol. The fourth-order valence-electron chi connectivity index (χ4n) is 2.26. The van der Waals surface area contributed by atoms with E-state index in [1.54, 1.807) is 0 Å². The standard InChI is InChI=1S/C17H26BrNO2/c1-4-6-7-8-13-17(3,16(20)21-5-2)19-15-11-9-14(18)10-12-15/h9-12,19H,4-8,13H2,1-3H3. The van der Waals surface area contributed by atoms with Gasteiger partial charge >= 0.3 is 5.97 Å². The lowest BCUT2D eigenvalue weighted by Gasteiger charge is -2.29. The highest BCUT2D eigenvalue weighted by molar-refractivity contribution is 9.10. The lowest BCUT2D eigenvalue weighted by atomic mass is 9.93. The van der Waals surface area contributed by atoms with Gasteiger partial charge in [0.2, 0.25) is 0 Å². The average Bonchev–Trinajstić information content (AvgIpc) is 2.46. The number of rotatable bonds is 9. The third-order valence-corrected chi connectivity index (χ3v) is 4.05. The number of esters is 1. The number of halogens is 1. The van der Waals surface area contributed by atoms with E-state index in [-0.39, 0.29) is 5.97 Å². The molecule has 118 valence electrons. The molecule has 0 saturated carbocycles. The van der Waals surface area contributed by atoms with Crippen molar-refractivity contribution in [3.8, 4) is 0 Å². The van der Waals surface area contributed by atoms with Gasteiger partial charge in [-0.05, 0) is 44.5 Å². The number of ether oxygens (including phenoxy) is 1. The lowest BCUT2D eigenvalue weighted by Crippen LogP contribution is -2.44. The first-order chi connectivity index (χ1) is 10.0. The maximum Gasteiger partial charge on any atom is 0.331 e. The molecule has 1 atom stereocenters. The number of benzene rings is 1. The van der Waals surface area contributed by atoms with Crippen LogP contribution in [0.4, 0.5) is 5.69 Å². The molecule has 1 aromatic rings. The van der Waals surface area contributed by atoms with Crippen molar-refractivity contribution in [3.63, 3.8) is 0 Å². The fourth-order valence-corrected chi connectivity index (χ4v) is 2.53. The number of carbonyl (C=O) groups is 1. The highest BCUT2D eigenvalue weighted by Gasteiger charge is 2.34. The van der Waals surface area contributed by atoms with Crippen LogP contribution in [0.2, 0.25) is 0 Å². The Morgan fingerprint density at radius 2 is 1.86 bits per heavy atom. The molecule has 0 saturated heterocycles. The van der Waals surface area contributed by atoms with Crippen LogP contribution in [0.25, 0.3) is 0 Å². The average molecular weight is 356 g/mol. The number of hydrogen-bond acceptors (Lipinski definition) is 3. The Balaban J connectivity index is 2.74. The predicted octanol–water partition coefficient (Wildman–Crippen LogP) is 5.15. The van der Waals surface area contributed by atoms with Crippen LogP contribution in [-0.2, 0) is 9.53 Å². The number of hydrogen-bond donors (Lipinski definition) is 1. The Kier molecular flexibility index (Phi) is 7.79. The van der Waals surface area contributed by atoms with E-state index in [2.05, 4.69) is 28.2 Å². The van der Waals surface area contributed by atoms with Gasteiger partial charge in [-0.3, -0.25) is 0 Å². The second-order valence-electron chi connectivity index (χ2n) is 5.50. The zero-order chi connectivity index (χ0) is 15.7. The molecule has 0 fully saturated rings. The van der Waals surface area contributed by atoms with E-state index >= 15 is 0 Å². The van der Waals surface area contributed by atoms with Crippen LogP contribution in [0.15, 0.2) is 28.7 Å². The summed E-state index contributed by atoms with van der Waals surface area (Å²) in [6, 6.07) is 7.86. The maximum atomic E-state index is 12.3. The summed E-state index contributed by atoms with van der Waals surface area (Å²) in [5.74, 6) is -0.176. The third kappa shape index (κ3) is 6.08. The Bertz CT molecular complexity index is 433. The van der Waals surface area contributed by atoms with Crippen molar-refractivity contribution in [2.75, 3.05) is 11.9 Å². The van der Waals surface area contributed by atoms with E-state index in [0.717, 1.165) is 29.4 Å². The SMILES string of the molecule is CCCCCCC(C)(Nc1ccc(Br)cc1)C(=O)OCC. The van der Waals surface area contributed by atoms with Crippen LogP contribution >= 0.6 is 15.9 Å². The first-order valence-corrected chi connectivity index (χ1v) is 8.52. The Morgan fingerprint density at radius 3 is 2.43 bits per heavy atom. The first kappa shape index (κ1) is 18.0. The van der Waals surface area contributed by atoms with Crippen LogP contribution in [-0.4, -0.2) is 18.1 Å². The fraction of sp³-hybridized carbons (Fsp3) is 0.588. The molecule has 0 aliphatic heterocycles. The van der Waals surface area contributed by atoms with Crippen molar-refractivity contribution in [1.29, 1.82) is 0 Å². The quantitative estimate of drug-likeness (QED) is 0.491. The van der Waals surface area contributed by atoms with Crippen molar-refractivity contribution in [2.45, 2.75) is 58.4 Å². The molecule has 0 heterocycles. The molecule has 1 aromatic carbocycles. The minimum absolute atomic E-state index is 0.176. The van der Waals surface area contributed by atoms with Gasteiger partial charge in [-0.1, -0.05) is 48.5 Å². The van der Waals surface area contributed by atoms with Crippen LogP contribution in [0.3, 0.4) is 0 Å². The van der Waals surface area contributed by atoms with Gasteiger partial charge in [0.15, 0.2) is 0 Å². The number of anilines is 1. The second kappa shape index (κ2) is 9.08. The van der Waals surface area contributed by atoms with Gasteiger partial charge in [0.05, 0.1) is 6.61 Å². The molecule has 3 nitrogen and oxygen atoms in total. The van der Waals surface area contributed by atoms with E-state index in [1.807, 2.05) is 38.1 Å². The number of nitrogens with one attached hydrogen (secondary N) is 1. The van der Waals surface area contributed by atoms with Gasteiger partial charge in [0.25, 0.3) is 0 Å². The molecule has 0 spiro atoms. The topological polar surface area (TPSA) is 38.3 Å². The zero-order valence-electron chi connectivity index (χ0n) is 13.2. The molecule has 4 heteroatoms. The molecule has 0 bridgehead atoms. The van der Waals surface area contributed by atoms with Gasteiger partial charge in [0, 0.05) is 10.2 Å². The van der Waals surface area contributed by atoms with E-state index in [1.165, 1.54) is 12.8 Å². The van der Waals surface area contributed by atoms with Crippen molar-refractivity contribution in [2.24, 2.45) is 0 Å². The van der Waals surface area contributed by atoms with E-state index < -0.39 is 5.54 Å². The highest BCUT2D eigenvalue weighted by atomic mass is 79.9. The minimum atomic E-state index is -0.669. The third-order valence-electron chi connectivity index (χ3n) is 3.52. The number of carbonyl (C=O) groups excluding carboxylic acids is 1. The van der Waals surface area contributed by atoms with Crippen LogP contribution < -0.4 is 5.32 Å². The molecule has 1 unspecified atom stereocenters. The molecule has 1 rings (SSSR count). The maximum absolute atomic E-state index is 12.3. The van der Waals surface area contributed by atoms with E-state index in [0.29, 0.717) is 6.61 Å².